The number of urea groups is 1. The second-order valence-corrected chi connectivity index (χ2v) is 8.81. The first-order chi connectivity index (χ1) is 13.5. The monoisotopic (exact) mass is 419 g/mol. The van der Waals surface area contributed by atoms with E-state index >= 15 is 0 Å². The van der Waals surface area contributed by atoms with E-state index in [0.29, 0.717) is 11.3 Å². The van der Waals surface area contributed by atoms with Crippen LogP contribution in [0.2, 0.25) is 0 Å². The minimum atomic E-state index is -3.37. The molecule has 1 aliphatic rings. The Morgan fingerprint density at radius 1 is 1.10 bits per heavy atom. The van der Waals surface area contributed by atoms with Crippen molar-refractivity contribution in [2.45, 2.75) is 17.4 Å². The van der Waals surface area contributed by atoms with Crippen molar-refractivity contribution in [1.82, 2.24) is 10.2 Å². The average Bonchev–Trinajstić information content (AvgIpc) is 2.86. The zero-order valence-corrected chi connectivity index (χ0v) is 16.4. The molecule has 0 radical (unpaired) electrons. The van der Waals surface area contributed by atoms with Gasteiger partial charge in [-0.2, -0.15) is 0 Å². The number of sulfone groups is 1. The van der Waals surface area contributed by atoms with E-state index < -0.39 is 45.6 Å². The Morgan fingerprint density at radius 3 is 2.24 bits per heavy atom. The number of carbonyl (C=O) groups excluding carboxylic acids is 3. The van der Waals surface area contributed by atoms with Crippen molar-refractivity contribution in [1.29, 1.82) is 0 Å². The Labute approximate surface area is 166 Å². The third-order valence-electron chi connectivity index (χ3n) is 4.56. The van der Waals surface area contributed by atoms with Crippen LogP contribution in [0.4, 0.5) is 14.9 Å². The average molecular weight is 419 g/mol. The van der Waals surface area contributed by atoms with Gasteiger partial charge in [0, 0.05) is 11.9 Å². The highest BCUT2D eigenvalue weighted by Gasteiger charge is 2.49. The van der Waals surface area contributed by atoms with Gasteiger partial charge in [0.1, 0.15) is 17.9 Å². The number of carbonyl (C=O) groups is 3. The Kier molecular flexibility index (Phi) is 5.14. The predicted octanol–water partition coefficient (Wildman–Crippen LogP) is 1.63. The molecule has 152 valence electrons. The zero-order valence-electron chi connectivity index (χ0n) is 15.6. The number of hydrogen-bond acceptors (Lipinski definition) is 5. The molecular weight excluding hydrogens is 401 g/mol. The largest absolute Gasteiger partial charge is 0.325 e. The summed E-state index contributed by atoms with van der Waals surface area (Å²) in [6.07, 6.45) is 1.07. The summed E-state index contributed by atoms with van der Waals surface area (Å²) in [4.78, 5) is 38.2. The predicted molar refractivity (Wildman–Crippen MR) is 102 cm³/mol. The number of halogens is 1. The van der Waals surface area contributed by atoms with Gasteiger partial charge in [0.15, 0.2) is 9.84 Å². The van der Waals surface area contributed by atoms with Gasteiger partial charge in [-0.15, -0.1) is 0 Å². The lowest BCUT2D eigenvalue weighted by atomic mass is 9.92. The number of anilines is 1. The van der Waals surface area contributed by atoms with E-state index in [4.69, 9.17) is 0 Å². The molecule has 1 aliphatic heterocycles. The van der Waals surface area contributed by atoms with Crippen LogP contribution in [0.15, 0.2) is 53.4 Å². The van der Waals surface area contributed by atoms with Gasteiger partial charge in [0.25, 0.3) is 5.91 Å². The van der Waals surface area contributed by atoms with E-state index in [-0.39, 0.29) is 4.90 Å². The van der Waals surface area contributed by atoms with Crippen LogP contribution in [-0.4, -0.2) is 44.0 Å². The number of nitrogens with zero attached hydrogens (tertiary/aromatic N) is 1. The molecule has 1 atom stereocenters. The molecule has 1 saturated heterocycles. The van der Waals surface area contributed by atoms with Crippen LogP contribution in [0.3, 0.4) is 0 Å². The van der Waals surface area contributed by atoms with Crippen molar-refractivity contribution in [3.8, 4) is 0 Å². The van der Waals surface area contributed by atoms with E-state index in [0.717, 1.165) is 11.2 Å². The van der Waals surface area contributed by atoms with Crippen LogP contribution < -0.4 is 10.6 Å². The topological polar surface area (TPSA) is 113 Å². The van der Waals surface area contributed by atoms with Gasteiger partial charge in [0.2, 0.25) is 5.91 Å². The number of rotatable bonds is 5. The van der Waals surface area contributed by atoms with E-state index in [2.05, 4.69) is 10.6 Å². The minimum absolute atomic E-state index is 0.0969. The number of benzene rings is 2. The molecule has 3 rings (SSSR count). The maximum absolute atomic E-state index is 13.1. The van der Waals surface area contributed by atoms with E-state index in [1.807, 2.05) is 0 Å². The summed E-state index contributed by atoms with van der Waals surface area (Å²) < 4.78 is 36.1. The Bertz CT molecular complexity index is 1080. The number of nitrogens with one attached hydrogen (secondary N) is 2. The summed E-state index contributed by atoms with van der Waals surface area (Å²) in [5.41, 5.74) is -0.713. The van der Waals surface area contributed by atoms with Gasteiger partial charge in [-0.05, 0) is 48.9 Å². The van der Waals surface area contributed by atoms with Crippen molar-refractivity contribution in [3.63, 3.8) is 0 Å². The van der Waals surface area contributed by atoms with Crippen molar-refractivity contribution < 1.29 is 27.2 Å². The summed E-state index contributed by atoms with van der Waals surface area (Å²) in [7, 11) is -3.37. The van der Waals surface area contributed by atoms with Gasteiger partial charge in [-0.25, -0.2) is 17.6 Å². The van der Waals surface area contributed by atoms with Crippen molar-refractivity contribution in [2.24, 2.45) is 0 Å². The molecule has 0 aromatic heterocycles. The molecule has 1 fully saturated rings. The fourth-order valence-electron chi connectivity index (χ4n) is 2.95. The highest BCUT2D eigenvalue weighted by Crippen LogP contribution is 2.28. The smallest absolute Gasteiger partial charge is 0.325 e. The molecule has 0 spiro atoms. The maximum atomic E-state index is 13.1. The third-order valence-corrected chi connectivity index (χ3v) is 5.69. The number of amides is 4. The van der Waals surface area contributed by atoms with Crippen LogP contribution in [0, 0.1) is 5.82 Å². The van der Waals surface area contributed by atoms with E-state index in [9.17, 15) is 27.2 Å². The summed E-state index contributed by atoms with van der Waals surface area (Å²) in [5, 5.41) is 5.03. The molecule has 2 N–H and O–H groups in total. The SMILES string of the molecule is CC1(c2ccc(F)cc2)NC(=O)N(CC(=O)Nc2ccc(S(C)(=O)=O)cc2)C1=O. The molecule has 1 unspecified atom stereocenters. The lowest BCUT2D eigenvalue weighted by Gasteiger charge is -2.22. The Morgan fingerprint density at radius 2 is 1.69 bits per heavy atom. The molecule has 10 heteroatoms. The van der Waals surface area contributed by atoms with Crippen LogP contribution in [0.1, 0.15) is 12.5 Å². The summed E-state index contributed by atoms with van der Waals surface area (Å²) in [6.45, 7) is 0.942. The maximum Gasteiger partial charge on any atom is 0.325 e. The van der Waals surface area contributed by atoms with Crippen LogP contribution in [0.25, 0.3) is 0 Å². The van der Waals surface area contributed by atoms with Crippen LogP contribution in [-0.2, 0) is 25.0 Å². The molecule has 0 aliphatic carbocycles. The standard InChI is InChI=1S/C19H18FN3O5S/c1-19(12-3-5-13(20)6-4-12)17(25)23(18(26)22-19)11-16(24)21-14-7-9-15(10-8-14)29(2,27)28/h3-10H,11H2,1-2H3,(H,21,24)(H,22,26). The molecule has 2 aromatic carbocycles. The highest BCUT2D eigenvalue weighted by atomic mass is 32.2. The van der Waals surface area contributed by atoms with Gasteiger partial charge in [-0.1, -0.05) is 12.1 Å². The molecule has 29 heavy (non-hydrogen) atoms. The summed E-state index contributed by atoms with van der Waals surface area (Å²) >= 11 is 0. The molecule has 8 nitrogen and oxygen atoms in total. The van der Waals surface area contributed by atoms with Gasteiger partial charge >= 0.3 is 6.03 Å². The van der Waals surface area contributed by atoms with Crippen LogP contribution in [0.5, 0.6) is 0 Å². The second-order valence-electron chi connectivity index (χ2n) is 6.80. The number of hydrogen-bond donors (Lipinski definition) is 2. The van der Waals surface area contributed by atoms with Gasteiger partial charge in [0.05, 0.1) is 4.90 Å². The first-order valence-corrected chi connectivity index (χ1v) is 10.4. The quantitative estimate of drug-likeness (QED) is 0.716. The van der Waals surface area contributed by atoms with Crippen LogP contribution >= 0.6 is 0 Å². The van der Waals surface area contributed by atoms with E-state index in [1.54, 1.807) is 0 Å². The highest BCUT2D eigenvalue weighted by molar-refractivity contribution is 7.90. The Balaban J connectivity index is 1.71. The Hall–Kier alpha value is -3.27. The van der Waals surface area contributed by atoms with Crippen molar-refractivity contribution in [3.05, 3.63) is 59.9 Å². The third kappa shape index (κ3) is 4.11. The normalized spacial score (nSPS) is 19.2. The molecule has 2 aromatic rings. The summed E-state index contributed by atoms with van der Waals surface area (Å²) in [6, 6.07) is 9.87. The van der Waals surface area contributed by atoms with E-state index in [1.165, 1.54) is 55.5 Å². The molecule has 4 amide bonds. The molecule has 1 heterocycles. The van der Waals surface area contributed by atoms with Gasteiger partial charge < -0.3 is 10.6 Å². The molecule has 0 saturated carbocycles. The second kappa shape index (κ2) is 7.28. The lowest BCUT2D eigenvalue weighted by molar-refractivity contribution is -0.133. The first-order valence-electron chi connectivity index (χ1n) is 8.51. The first kappa shape index (κ1) is 20.5. The molecule has 0 bridgehead atoms. The fourth-order valence-corrected chi connectivity index (χ4v) is 3.58. The molecular formula is C19H18FN3O5S. The van der Waals surface area contributed by atoms with Gasteiger partial charge in [-0.3, -0.25) is 14.5 Å². The lowest BCUT2D eigenvalue weighted by Crippen LogP contribution is -2.42. The zero-order chi connectivity index (χ0) is 21.4. The number of imide groups is 1. The van der Waals surface area contributed by atoms with Crippen molar-refractivity contribution >= 4 is 33.4 Å². The fraction of sp³-hybridized carbons (Fsp3) is 0.211. The minimum Gasteiger partial charge on any atom is -0.325 e. The van der Waals surface area contributed by atoms with Crippen molar-refractivity contribution in [2.75, 3.05) is 18.1 Å². The summed E-state index contributed by atoms with van der Waals surface area (Å²) in [5.74, 6) is -1.76.